The Morgan fingerprint density at radius 3 is 2.62 bits per heavy atom. The maximum Gasteiger partial charge on any atom is 0.303 e. The van der Waals surface area contributed by atoms with Gasteiger partial charge in [-0.25, -0.2) is 0 Å². The highest BCUT2D eigenvalue weighted by atomic mass is 16.6. The molecule has 9 nitrogen and oxygen atoms in total. The number of fused-ring (bicyclic) bond motifs is 3. The van der Waals surface area contributed by atoms with E-state index in [1.54, 1.807) is 12.1 Å². The van der Waals surface area contributed by atoms with E-state index >= 15 is 0 Å². The van der Waals surface area contributed by atoms with Gasteiger partial charge in [0.15, 0.2) is 5.79 Å². The predicted molar refractivity (Wildman–Crippen MR) is 110 cm³/mol. The van der Waals surface area contributed by atoms with Crippen LogP contribution < -0.4 is 0 Å². The van der Waals surface area contributed by atoms with Gasteiger partial charge in [-0.1, -0.05) is 13.3 Å². The van der Waals surface area contributed by atoms with E-state index < -0.39 is 35.6 Å². The summed E-state index contributed by atoms with van der Waals surface area (Å²) in [6, 6.07) is 3.36. The summed E-state index contributed by atoms with van der Waals surface area (Å²) in [4.78, 5) is 38.4. The number of carboxylic acids is 1. The number of ether oxygens (including phenoxy) is 1. The molecule has 0 unspecified atom stereocenters. The van der Waals surface area contributed by atoms with E-state index in [4.69, 9.17) is 14.3 Å². The molecule has 32 heavy (non-hydrogen) atoms. The van der Waals surface area contributed by atoms with Gasteiger partial charge in [0.25, 0.3) is 0 Å². The summed E-state index contributed by atoms with van der Waals surface area (Å²) in [7, 11) is 0. The Hall–Kier alpha value is -2.23. The zero-order chi connectivity index (χ0) is 23.0. The van der Waals surface area contributed by atoms with Gasteiger partial charge in [-0.3, -0.25) is 19.3 Å². The van der Waals surface area contributed by atoms with Crippen molar-refractivity contribution in [1.82, 2.24) is 4.90 Å². The van der Waals surface area contributed by atoms with E-state index in [1.807, 2.05) is 6.92 Å². The molecule has 1 aliphatic carbocycles. The summed E-state index contributed by atoms with van der Waals surface area (Å²) in [6.07, 6.45) is 2.58. The SMILES string of the molecule is CC[C@H]1C[C@@H]2C(=O)N(CCCCCC(=O)O)C(=O)[C@@H]2[C@@H]2C[C@@H](c3ccc(CO)o3)O[C@]12O. The number of hydrogen-bond donors (Lipinski definition) is 3. The van der Waals surface area contributed by atoms with Crippen LogP contribution in [0.2, 0.25) is 0 Å². The molecule has 4 rings (SSSR count). The van der Waals surface area contributed by atoms with E-state index in [0.717, 1.165) is 0 Å². The molecule has 1 aromatic heterocycles. The number of amides is 2. The molecule has 1 aromatic rings. The highest BCUT2D eigenvalue weighted by Crippen LogP contribution is 2.58. The van der Waals surface area contributed by atoms with Crippen molar-refractivity contribution in [1.29, 1.82) is 0 Å². The lowest BCUT2D eigenvalue weighted by Gasteiger charge is -2.44. The van der Waals surface area contributed by atoms with E-state index in [9.17, 15) is 24.6 Å². The number of hydrogen-bond acceptors (Lipinski definition) is 7. The molecule has 9 heteroatoms. The Kier molecular flexibility index (Phi) is 6.42. The highest BCUT2D eigenvalue weighted by molar-refractivity contribution is 6.05. The van der Waals surface area contributed by atoms with Crippen molar-refractivity contribution in [3.8, 4) is 0 Å². The van der Waals surface area contributed by atoms with Crippen LogP contribution >= 0.6 is 0 Å². The molecule has 0 spiro atoms. The average molecular weight is 450 g/mol. The Morgan fingerprint density at radius 2 is 1.97 bits per heavy atom. The van der Waals surface area contributed by atoms with Gasteiger partial charge in [0.2, 0.25) is 11.8 Å². The lowest BCUT2D eigenvalue weighted by molar-refractivity contribution is -0.270. The average Bonchev–Trinajstić information content (AvgIpc) is 3.43. The van der Waals surface area contributed by atoms with Crippen molar-refractivity contribution in [3.05, 3.63) is 23.7 Å². The van der Waals surface area contributed by atoms with Crippen LogP contribution in [-0.4, -0.2) is 50.3 Å². The number of carbonyl (C=O) groups is 3. The minimum atomic E-state index is -1.51. The highest BCUT2D eigenvalue weighted by Gasteiger charge is 2.66. The van der Waals surface area contributed by atoms with Gasteiger partial charge in [0, 0.05) is 24.8 Å². The fourth-order valence-corrected chi connectivity index (χ4v) is 5.78. The third-order valence-electron chi connectivity index (χ3n) is 7.38. The number of carbonyl (C=O) groups excluding carboxylic acids is 2. The molecule has 3 fully saturated rings. The monoisotopic (exact) mass is 449 g/mol. The van der Waals surface area contributed by atoms with Crippen molar-refractivity contribution >= 4 is 17.8 Å². The van der Waals surface area contributed by atoms with E-state index in [0.29, 0.717) is 50.0 Å². The van der Waals surface area contributed by atoms with Crippen molar-refractivity contribution in [2.75, 3.05) is 6.54 Å². The molecule has 0 aromatic carbocycles. The Labute approximate surface area is 186 Å². The van der Waals surface area contributed by atoms with Crippen molar-refractivity contribution in [3.63, 3.8) is 0 Å². The quantitative estimate of drug-likeness (QED) is 0.385. The normalized spacial score (nSPS) is 34.1. The predicted octanol–water partition coefficient (Wildman–Crippen LogP) is 2.21. The summed E-state index contributed by atoms with van der Waals surface area (Å²) >= 11 is 0. The molecule has 0 radical (unpaired) electrons. The van der Waals surface area contributed by atoms with Gasteiger partial charge < -0.3 is 24.5 Å². The Balaban J connectivity index is 1.51. The van der Waals surface area contributed by atoms with Crippen LogP contribution in [0, 0.1) is 23.7 Å². The summed E-state index contributed by atoms with van der Waals surface area (Å²) < 4.78 is 11.7. The molecule has 1 saturated carbocycles. The third kappa shape index (κ3) is 3.86. The van der Waals surface area contributed by atoms with Gasteiger partial charge in [-0.05, 0) is 44.2 Å². The zero-order valence-electron chi connectivity index (χ0n) is 18.2. The number of unbranched alkanes of at least 4 members (excludes halogenated alkanes) is 2. The molecule has 2 aliphatic heterocycles. The van der Waals surface area contributed by atoms with Gasteiger partial charge in [-0.2, -0.15) is 0 Å². The molecule has 2 saturated heterocycles. The first-order chi connectivity index (χ1) is 15.3. The first-order valence-electron chi connectivity index (χ1n) is 11.5. The second-order valence-electron chi connectivity index (χ2n) is 9.17. The third-order valence-corrected chi connectivity index (χ3v) is 7.38. The van der Waals surface area contributed by atoms with Gasteiger partial charge in [0.05, 0.1) is 11.8 Å². The van der Waals surface area contributed by atoms with Crippen LogP contribution in [0.25, 0.3) is 0 Å². The fourth-order valence-electron chi connectivity index (χ4n) is 5.78. The van der Waals surface area contributed by atoms with Gasteiger partial charge in [0.1, 0.15) is 24.2 Å². The van der Waals surface area contributed by atoms with E-state index in [1.165, 1.54) is 4.90 Å². The molecular weight excluding hydrogens is 418 g/mol. The van der Waals surface area contributed by atoms with Crippen LogP contribution in [0.15, 0.2) is 16.5 Å². The first-order valence-corrected chi connectivity index (χ1v) is 11.5. The minimum Gasteiger partial charge on any atom is -0.481 e. The number of rotatable bonds is 9. The van der Waals surface area contributed by atoms with Crippen LogP contribution in [0.5, 0.6) is 0 Å². The lowest BCUT2D eigenvalue weighted by Crippen LogP contribution is -2.53. The number of imide groups is 1. The van der Waals surface area contributed by atoms with Crippen LogP contribution in [0.3, 0.4) is 0 Å². The molecular formula is C23H31NO8. The molecule has 3 heterocycles. The van der Waals surface area contributed by atoms with Crippen molar-refractivity contribution in [2.45, 2.75) is 70.4 Å². The number of nitrogens with zero attached hydrogens (tertiary/aromatic N) is 1. The summed E-state index contributed by atoms with van der Waals surface area (Å²) in [5.74, 6) is -3.83. The number of likely N-dealkylation sites (tertiary alicyclic amines) is 1. The largest absolute Gasteiger partial charge is 0.481 e. The molecule has 3 N–H and O–H groups in total. The van der Waals surface area contributed by atoms with Crippen molar-refractivity contribution < 1.29 is 38.9 Å². The second-order valence-corrected chi connectivity index (χ2v) is 9.17. The minimum absolute atomic E-state index is 0.0733. The maximum atomic E-state index is 13.3. The smallest absolute Gasteiger partial charge is 0.303 e. The van der Waals surface area contributed by atoms with Gasteiger partial charge >= 0.3 is 5.97 Å². The summed E-state index contributed by atoms with van der Waals surface area (Å²) in [5, 5.41) is 29.6. The topological polar surface area (TPSA) is 138 Å². The van der Waals surface area contributed by atoms with Crippen molar-refractivity contribution in [2.24, 2.45) is 23.7 Å². The number of aliphatic carboxylic acids is 1. The maximum absolute atomic E-state index is 13.3. The number of aliphatic hydroxyl groups excluding tert-OH is 1. The lowest BCUT2D eigenvalue weighted by atomic mass is 9.64. The number of aliphatic hydroxyl groups is 2. The molecule has 176 valence electrons. The van der Waals surface area contributed by atoms with Crippen LogP contribution in [-0.2, 0) is 25.7 Å². The van der Waals surface area contributed by atoms with Crippen LogP contribution in [0.1, 0.15) is 69.5 Å². The van der Waals surface area contributed by atoms with E-state index in [-0.39, 0.29) is 37.3 Å². The standard InChI is InChI=1S/C23H31NO8/c1-2-13-10-15-20(22(29)24(21(15)28)9-5-3-4-6-19(26)27)16-11-18(32-23(13,16)30)17-8-7-14(12-25)31-17/h7-8,13,15-16,18,20,25,30H,2-6,9-12H2,1H3,(H,26,27)/t13-,15-,16-,18-,20-,23+/m0/s1. The molecule has 6 atom stereocenters. The van der Waals surface area contributed by atoms with Gasteiger partial charge in [-0.15, -0.1) is 0 Å². The Bertz CT molecular complexity index is 881. The second kappa shape index (κ2) is 8.96. The molecule has 0 bridgehead atoms. The van der Waals surface area contributed by atoms with Crippen LogP contribution in [0.4, 0.5) is 0 Å². The number of furan rings is 1. The van der Waals surface area contributed by atoms with E-state index in [2.05, 4.69) is 0 Å². The molecule has 2 amide bonds. The Morgan fingerprint density at radius 1 is 1.19 bits per heavy atom. The zero-order valence-corrected chi connectivity index (χ0v) is 18.2. The number of carboxylic acid groups (broad SMARTS) is 1. The molecule has 3 aliphatic rings. The fraction of sp³-hybridized carbons (Fsp3) is 0.696. The summed E-state index contributed by atoms with van der Waals surface area (Å²) in [5.41, 5.74) is 0. The first kappa shape index (κ1) is 22.9. The summed E-state index contributed by atoms with van der Waals surface area (Å²) in [6.45, 7) is 1.97.